The van der Waals surface area contributed by atoms with Crippen LogP contribution in [0.2, 0.25) is 0 Å². The van der Waals surface area contributed by atoms with Crippen molar-refractivity contribution in [2.24, 2.45) is 11.8 Å². The normalized spacial score (nSPS) is 32.2. The highest BCUT2D eigenvalue weighted by molar-refractivity contribution is 7.88. The molecule has 3 nitrogen and oxygen atoms in total. The van der Waals surface area contributed by atoms with E-state index in [0.717, 1.165) is 0 Å². The third-order valence-electron chi connectivity index (χ3n) is 1.88. The lowest BCUT2D eigenvalue weighted by molar-refractivity contribution is 0.580. The highest BCUT2D eigenvalue weighted by Gasteiger charge is 2.32. The molecule has 0 aromatic heterocycles. The molecule has 1 saturated carbocycles. The molecule has 1 aliphatic carbocycles. The standard InChI is InChI=1S/C6H13NO2S/c1-5-3-6(5)4-7-10(2,8)9/h5-7H,3-4H2,1-2H3. The van der Waals surface area contributed by atoms with Gasteiger partial charge in [-0.2, -0.15) is 0 Å². The molecule has 0 saturated heterocycles. The fourth-order valence-corrected chi connectivity index (χ4v) is 1.46. The molecule has 2 atom stereocenters. The van der Waals surface area contributed by atoms with Crippen molar-refractivity contribution in [1.29, 1.82) is 0 Å². The lowest BCUT2D eigenvalue weighted by atomic mass is 10.3. The number of hydrogen-bond donors (Lipinski definition) is 1. The quantitative estimate of drug-likeness (QED) is 0.645. The van der Waals surface area contributed by atoms with E-state index in [1.165, 1.54) is 12.7 Å². The van der Waals surface area contributed by atoms with E-state index in [-0.39, 0.29) is 0 Å². The molecule has 2 unspecified atom stereocenters. The van der Waals surface area contributed by atoms with Crippen molar-refractivity contribution in [3.05, 3.63) is 0 Å². The smallest absolute Gasteiger partial charge is 0.208 e. The Morgan fingerprint density at radius 2 is 2.10 bits per heavy atom. The summed E-state index contributed by atoms with van der Waals surface area (Å²) in [6, 6.07) is 0. The van der Waals surface area contributed by atoms with Crippen LogP contribution in [0.1, 0.15) is 13.3 Å². The summed E-state index contributed by atoms with van der Waals surface area (Å²) < 4.78 is 23.6. The van der Waals surface area contributed by atoms with Gasteiger partial charge in [-0.1, -0.05) is 6.92 Å². The summed E-state index contributed by atoms with van der Waals surface area (Å²) in [6.45, 7) is 2.76. The molecule has 0 amide bonds. The van der Waals surface area contributed by atoms with E-state index in [1.807, 2.05) is 0 Å². The second-order valence-electron chi connectivity index (χ2n) is 3.09. The van der Waals surface area contributed by atoms with Crippen LogP contribution < -0.4 is 4.72 Å². The Hall–Kier alpha value is -0.0900. The van der Waals surface area contributed by atoms with Crippen LogP contribution in [0.15, 0.2) is 0 Å². The van der Waals surface area contributed by atoms with Crippen molar-refractivity contribution < 1.29 is 8.42 Å². The SMILES string of the molecule is CC1CC1CNS(C)(=O)=O. The third kappa shape index (κ3) is 2.66. The Bertz CT molecular complexity index is 210. The summed E-state index contributed by atoms with van der Waals surface area (Å²) in [5.74, 6) is 1.31. The zero-order valence-corrected chi connectivity index (χ0v) is 7.11. The maximum atomic E-state index is 10.6. The van der Waals surface area contributed by atoms with Gasteiger partial charge in [-0.05, 0) is 18.3 Å². The highest BCUT2D eigenvalue weighted by atomic mass is 32.2. The summed E-state index contributed by atoms with van der Waals surface area (Å²) in [5.41, 5.74) is 0. The minimum Gasteiger partial charge on any atom is -0.215 e. The van der Waals surface area contributed by atoms with Gasteiger partial charge in [0.25, 0.3) is 0 Å². The van der Waals surface area contributed by atoms with Gasteiger partial charge in [-0.15, -0.1) is 0 Å². The van der Waals surface area contributed by atoms with E-state index >= 15 is 0 Å². The van der Waals surface area contributed by atoms with Crippen molar-refractivity contribution in [2.75, 3.05) is 12.8 Å². The molecule has 0 aliphatic heterocycles. The topological polar surface area (TPSA) is 46.2 Å². The van der Waals surface area contributed by atoms with Crippen molar-refractivity contribution in [3.8, 4) is 0 Å². The van der Waals surface area contributed by atoms with Gasteiger partial charge in [-0.3, -0.25) is 0 Å². The number of sulfonamides is 1. The lowest BCUT2D eigenvalue weighted by Crippen LogP contribution is -2.24. The molecule has 0 spiro atoms. The van der Waals surface area contributed by atoms with Gasteiger partial charge in [0.05, 0.1) is 6.26 Å². The van der Waals surface area contributed by atoms with E-state index in [1.54, 1.807) is 0 Å². The Morgan fingerprint density at radius 3 is 2.40 bits per heavy atom. The van der Waals surface area contributed by atoms with E-state index in [4.69, 9.17) is 0 Å². The molecule has 4 heteroatoms. The molecule has 10 heavy (non-hydrogen) atoms. The summed E-state index contributed by atoms with van der Waals surface area (Å²) in [7, 11) is -2.95. The second-order valence-corrected chi connectivity index (χ2v) is 4.93. The van der Waals surface area contributed by atoms with Gasteiger partial charge in [-0.25, -0.2) is 13.1 Å². The first-order valence-corrected chi connectivity index (χ1v) is 5.33. The molecule has 1 aliphatic rings. The van der Waals surface area contributed by atoms with Gasteiger partial charge in [0.15, 0.2) is 0 Å². The fraction of sp³-hybridized carbons (Fsp3) is 1.00. The predicted octanol–water partition coefficient (Wildman–Crippen LogP) is 0.192. The maximum Gasteiger partial charge on any atom is 0.208 e. The molecular weight excluding hydrogens is 150 g/mol. The van der Waals surface area contributed by atoms with Crippen LogP contribution >= 0.6 is 0 Å². The van der Waals surface area contributed by atoms with Crippen molar-refractivity contribution in [1.82, 2.24) is 4.72 Å². The van der Waals surface area contributed by atoms with Gasteiger partial charge >= 0.3 is 0 Å². The molecule has 0 aromatic rings. The maximum absolute atomic E-state index is 10.6. The number of hydrogen-bond acceptors (Lipinski definition) is 2. The summed E-state index contributed by atoms with van der Waals surface area (Å²) >= 11 is 0. The molecule has 0 bridgehead atoms. The second kappa shape index (κ2) is 2.51. The van der Waals surface area contributed by atoms with E-state index in [0.29, 0.717) is 18.4 Å². The van der Waals surface area contributed by atoms with E-state index in [9.17, 15) is 8.42 Å². The first kappa shape index (κ1) is 8.01. The Morgan fingerprint density at radius 1 is 1.60 bits per heavy atom. The zero-order chi connectivity index (χ0) is 7.78. The third-order valence-corrected chi connectivity index (χ3v) is 2.57. The summed E-state index contributed by atoms with van der Waals surface area (Å²) in [4.78, 5) is 0. The van der Waals surface area contributed by atoms with Crippen LogP contribution in [0.4, 0.5) is 0 Å². The minimum atomic E-state index is -2.95. The molecule has 0 heterocycles. The van der Waals surface area contributed by atoms with Gasteiger partial charge in [0.1, 0.15) is 0 Å². The minimum absolute atomic E-state index is 0.592. The highest BCUT2D eigenvalue weighted by Crippen LogP contribution is 2.36. The Labute approximate surface area is 61.9 Å². The molecule has 0 aromatic carbocycles. The van der Waals surface area contributed by atoms with Crippen molar-refractivity contribution in [2.45, 2.75) is 13.3 Å². The molecule has 60 valence electrons. The van der Waals surface area contributed by atoms with Gasteiger partial charge < -0.3 is 0 Å². The lowest BCUT2D eigenvalue weighted by Gasteiger charge is -1.98. The van der Waals surface area contributed by atoms with Gasteiger partial charge in [0.2, 0.25) is 10.0 Å². The average Bonchev–Trinajstić information content (AvgIpc) is 2.40. The van der Waals surface area contributed by atoms with Crippen molar-refractivity contribution in [3.63, 3.8) is 0 Å². The summed E-state index contributed by atoms with van der Waals surface area (Å²) in [6.07, 6.45) is 2.36. The van der Waals surface area contributed by atoms with Crippen LogP contribution in [0.3, 0.4) is 0 Å². The largest absolute Gasteiger partial charge is 0.215 e. The van der Waals surface area contributed by atoms with E-state index < -0.39 is 10.0 Å². The molecular formula is C6H13NO2S. The molecule has 1 fully saturated rings. The molecule has 1 N–H and O–H groups in total. The summed E-state index contributed by atoms with van der Waals surface area (Å²) in [5, 5.41) is 0. The fourth-order valence-electron chi connectivity index (χ4n) is 0.942. The monoisotopic (exact) mass is 163 g/mol. The average molecular weight is 163 g/mol. The number of rotatable bonds is 3. The van der Waals surface area contributed by atoms with Crippen LogP contribution in [-0.2, 0) is 10.0 Å². The molecule has 0 radical (unpaired) electrons. The first-order chi connectivity index (χ1) is 4.49. The van der Waals surface area contributed by atoms with Crippen LogP contribution in [0.25, 0.3) is 0 Å². The van der Waals surface area contributed by atoms with Crippen LogP contribution in [-0.4, -0.2) is 21.2 Å². The van der Waals surface area contributed by atoms with Crippen molar-refractivity contribution >= 4 is 10.0 Å². The van der Waals surface area contributed by atoms with Crippen LogP contribution in [0.5, 0.6) is 0 Å². The number of nitrogens with one attached hydrogen (secondary N) is 1. The first-order valence-electron chi connectivity index (χ1n) is 3.43. The Kier molecular flexibility index (Phi) is 2.01. The van der Waals surface area contributed by atoms with Crippen LogP contribution in [0, 0.1) is 11.8 Å². The molecule has 1 rings (SSSR count). The predicted molar refractivity (Wildman–Crippen MR) is 40.1 cm³/mol. The Balaban J connectivity index is 2.18. The zero-order valence-electron chi connectivity index (χ0n) is 6.29. The van der Waals surface area contributed by atoms with E-state index in [2.05, 4.69) is 11.6 Å². The van der Waals surface area contributed by atoms with Gasteiger partial charge in [0, 0.05) is 6.54 Å².